The summed E-state index contributed by atoms with van der Waals surface area (Å²) in [6.07, 6.45) is 1.47. The van der Waals surface area contributed by atoms with Gasteiger partial charge in [0, 0.05) is 21.8 Å². The first kappa shape index (κ1) is 21.1. The van der Waals surface area contributed by atoms with Gasteiger partial charge in [-0.15, -0.1) is 0 Å². The van der Waals surface area contributed by atoms with Crippen LogP contribution in [-0.2, 0) is 9.59 Å². The van der Waals surface area contributed by atoms with Crippen molar-refractivity contribution in [2.75, 3.05) is 11.9 Å². The first-order chi connectivity index (χ1) is 14.9. The Balaban J connectivity index is 1.45. The fourth-order valence-electron chi connectivity index (χ4n) is 2.88. The van der Waals surface area contributed by atoms with E-state index in [1.807, 2.05) is 24.3 Å². The average molecular weight is 501 g/mol. The summed E-state index contributed by atoms with van der Waals surface area (Å²) in [7, 11) is 0. The standard InChI is InChI=1S/C22H14BrFN2O4S/c23-14-6-4-13(5-7-14)18-9-8-17(30-18)11-19-21(28)26(22(29)31-19)12-20(27)25-16-3-1-2-15(24)10-16/h1-11H,12H2,(H,25,27)/b19-11-. The number of benzene rings is 2. The molecule has 1 aliphatic heterocycles. The fraction of sp³-hybridized carbons (Fsp3) is 0.0455. The zero-order valence-corrected chi connectivity index (χ0v) is 18.2. The number of thioether (sulfide) groups is 1. The first-order valence-electron chi connectivity index (χ1n) is 9.05. The molecule has 0 saturated carbocycles. The molecule has 6 nitrogen and oxygen atoms in total. The van der Waals surface area contributed by atoms with Crippen LogP contribution < -0.4 is 5.32 Å². The Kier molecular flexibility index (Phi) is 6.06. The van der Waals surface area contributed by atoms with E-state index in [-0.39, 0.29) is 10.6 Å². The van der Waals surface area contributed by atoms with E-state index in [1.165, 1.54) is 24.3 Å². The van der Waals surface area contributed by atoms with Gasteiger partial charge in [0.1, 0.15) is 23.9 Å². The number of carbonyl (C=O) groups excluding carboxylic acids is 3. The molecule has 3 amide bonds. The number of hydrogen-bond donors (Lipinski definition) is 1. The molecule has 31 heavy (non-hydrogen) atoms. The number of amides is 3. The molecule has 0 atom stereocenters. The maximum Gasteiger partial charge on any atom is 0.294 e. The minimum absolute atomic E-state index is 0.153. The summed E-state index contributed by atoms with van der Waals surface area (Å²) in [6.45, 7) is -0.471. The Morgan fingerprint density at radius 2 is 1.90 bits per heavy atom. The third kappa shape index (κ3) is 4.95. The largest absolute Gasteiger partial charge is 0.457 e. The summed E-state index contributed by atoms with van der Waals surface area (Å²) >= 11 is 4.10. The highest BCUT2D eigenvalue weighted by atomic mass is 79.9. The number of anilines is 1. The number of furan rings is 1. The molecule has 0 aliphatic carbocycles. The van der Waals surface area contributed by atoms with Crippen LogP contribution in [0.3, 0.4) is 0 Å². The van der Waals surface area contributed by atoms with E-state index in [0.717, 1.165) is 32.8 Å². The molecule has 1 aromatic heterocycles. The van der Waals surface area contributed by atoms with Crippen LogP contribution in [-0.4, -0.2) is 28.5 Å². The third-order valence-corrected chi connectivity index (χ3v) is 5.75. The highest BCUT2D eigenvalue weighted by Crippen LogP contribution is 2.33. The second-order valence-corrected chi connectivity index (χ2v) is 8.44. The van der Waals surface area contributed by atoms with Crippen molar-refractivity contribution in [1.82, 2.24) is 4.90 Å². The van der Waals surface area contributed by atoms with Crippen LogP contribution in [0.5, 0.6) is 0 Å². The molecular weight excluding hydrogens is 487 g/mol. The number of carbonyl (C=O) groups is 3. The Morgan fingerprint density at radius 3 is 2.65 bits per heavy atom. The highest BCUT2D eigenvalue weighted by Gasteiger charge is 2.36. The molecule has 156 valence electrons. The summed E-state index contributed by atoms with van der Waals surface area (Å²) in [4.78, 5) is 38.0. The average Bonchev–Trinajstić information content (AvgIpc) is 3.29. The van der Waals surface area contributed by atoms with Crippen molar-refractivity contribution in [2.45, 2.75) is 0 Å². The monoisotopic (exact) mass is 500 g/mol. The summed E-state index contributed by atoms with van der Waals surface area (Å²) < 4.78 is 19.9. The molecule has 4 rings (SSSR count). The lowest BCUT2D eigenvalue weighted by Gasteiger charge is -2.12. The zero-order chi connectivity index (χ0) is 22.0. The van der Waals surface area contributed by atoms with E-state index in [0.29, 0.717) is 11.5 Å². The van der Waals surface area contributed by atoms with Crippen molar-refractivity contribution in [2.24, 2.45) is 0 Å². The van der Waals surface area contributed by atoms with Crippen molar-refractivity contribution in [1.29, 1.82) is 0 Å². The van der Waals surface area contributed by atoms with Crippen LogP contribution >= 0.6 is 27.7 Å². The molecule has 9 heteroatoms. The Hall–Kier alpha value is -3.17. The highest BCUT2D eigenvalue weighted by molar-refractivity contribution is 9.10. The second kappa shape index (κ2) is 8.91. The van der Waals surface area contributed by atoms with E-state index in [1.54, 1.807) is 12.1 Å². The summed E-state index contributed by atoms with van der Waals surface area (Å²) in [5.74, 6) is -0.677. The van der Waals surface area contributed by atoms with E-state index in [9.17, 15) is 18.8 Å². The van der Waals surface area contributed by atoms with Crippen LogP contribution in [0.15, 0.2) is 74.5 Å². The van der Waals surface area contributed by atoms with Gasteiger partial charge in [-0.05, 0) is 54.2 Å². The number of halogens is 2. The lowest BCUT2D eigenvalue weighted by molar-refractivity contribution is -0.127. The van der Waals surface area contributed by atoms with Crippen LogP contribution in [0.2, 0.25) is 0 Å². The molecule has 2 aromatic carbocycles. The minimum Gasteiger partial charge on any atom is -0.457 e. The van der Waals surface area contributed by atoms with Gasteiger partial charge in [0.2, 0.25) is 5.91 Å². The van der Waals surface area contributed by atoms with Gasteiger partial charge >= 0.3 is 0 Å². The van der Waals surface area contributed by atoms with Crippen molar-refractivity contribution >= 4 is 56.5 Å². The van der Waals surface area contributed by atoms with Gasteiger partial charge in [0.25, 0.3) is 11.1 Å². The molecule has 2 heterocycles. The van der Waals surface area contributed by atoms with Gasteiger partial charge in [0.05, 0.1) is 4.91 Å². The summed E-state index contributed by atoms with van der Waals surface area (Å²) in [6, 6.07) is 16.4. The van der Waals surface area contributed by atoms with Crippen LogP contribution in [0.25, 0.3) is 17.4 Å². The fourth-order valence-corrected chi connectivity index (χ4v) is 3.96. The van der Waals surface area contributed by atoms with E-state index in [4.69, 9.17) is 4.42 Å². The molecule has 3 aromatic rings. The first-order valence-corrected chi connectivity index (χ1v) is 10.7. The third-order valence-electron chi connectivity index (χ3n) is 4.31. The molecule has 1 saturated heterocycles. The smallest absolute Gasteiger partial charge is 0.294 e. The number of nitrogens with zero attached hydrogens (tertiary/aromatic N) is 1. The number of nitrogens with one attached hydrogen (secondary N) is 1. The van der Waals surface area contributed by atoms with Gasteiger partial charge < -0.3 is 9.73 Å². The Labute approximate surface area is 189 Å². The van der Waals surface area contributed by atoms with Gasteiger partial charge in [-0.3, -0.25) is 19.3 Å². The lowest BCUT2D eigenvalue weighted by Crippen LogP contribution is -2.36. The zero-order valence-electron chi connectivity index (χ0n) is 15.8. The lowest BCUT2D eigenvalue weighted by atomic mass is 10.2. The number of imide groups is 1. The predicted octanol–water partition coefficient (Wildman–Crippen LogP) is 5.52. The normalized spacial score (nSPS) is 15.0. The minimum atomic E-state index is -0.607. The van der Waals surface area contributed by atoms with E-state index in [2.05, 4.69) is 21.2 Å². The van der Waals surface area contributed by atoms with Crippen molar-refractivity contribution < 1.29 is 23.2 Å². The molecule has 0 bridgehead atoms. The van der Waals surface area contributed by atoms with E-state index >= 15 is 0 Å². The summed E-state index contributed by atoms with van der Waals surface area (Å²) in [5, 5.41) is 1.90. The Morgan fingerprint density at radius 1 is 1.13 bits per heavy atom. The van der Waals surface area contributed by atoms with Crippen molar-refractivity contribution in [3.8, 4) is 11.3 Å². The Bertz CT molecular complexity index is 1210. The quantitative estimate of drug-likeness (QED) is 0.466. The molecule has 1 fully saturated rings. The van der Waals surface area contributed by atoms with Crippen LogP contribution in [0.1, 0.15) is 5.76 Å². The maximum absolute atomic E-state index is 13.2. The number of hydrogen-bond acceptors (Lipinski definition) is 5. The molecule has 1 aliphatic rings. The SMILES string of the molecule is O=C(CN1C(=O)S/C(=C\c2ccc(-c3ccc(Br)cc3)o2)C1=O)Nc1cccc(F)c1. The van der Waals surface area contributed by atoms with Crippen LogP contribution in [0, 0.1) is 5.82 Å². The van der Waals surface area contributed by atoms with Crippen molar-refractivity contribution in [3.05, 3.63) is 81.6 Å². The topological polar surface area (TPSA) is 79.6 Å². The maximum atomic E-state index is 13.2. The molecular formula is C22H14BrFN2O4S. The van der Waals surface area contributed by atoms with Crippen molar-refractivity contribution in [3.63, 3.8) is 0 Å². The molecule has 0 spiro atoms. The van der Waals surface area contributed by atoms with Crippen LogP contribution in [0.4, 0.5) is 14.9 Å². The molecule has 0 unspecified atom stereocenters. The number of rotatable bonds is 5. The molecule has 0 radical (unpaired) electrons. The van der Waals surface area contributed by atoms with Gasteiger partial charge in [-0.2, -0.15) is 0 Å². The second-order valence-electron chi connectivity index (χ2n) is 6.54. The molecule has 1 N–H and O–H groups in total. The van der Waals surface area contributed by atoms with Gasteiger partial charge in [0.15, 0.2) is 0 Å². The van der Waals surface area contributed by atoms with Gasteiger partial charge in [-0.25, -0.2) is 4.39 Å². The predicted molar refractivity (Wildman–Crippen MR) is 120 cm³/mol. The van der Waals surface area contributed by atoms with E-state index < -0.39 is 29.4 Å². The van der Waals surface area contributed by atoms with Gasteiger partial charge in [-0.1, -0.05) is 34.1 Å². The summed E-state index contributed by atoms with van der Waals surface area (Å²) in [5.41, 5.74) is 1.11.